The van der Waals surface area contributed by atoms with Crippen LogP contribution in [0.2, 0.25) is 0 Å². The quantitative estimate of drug-likeness (QED) is 0.593. The molecule has 1 aliphatic heterocycles. The second-order valence-electron chi connectivity index (χ2n) is 5.91. The maximum absolute atomic E-state index is 11.8. The van der Waals surface area contributed by atoms with Crippen molar-refractivity contribution >= 4 is 52.1 Å². The highest BCUT2D eigenvalue weighted by Gasteiger charge is 2.30. The van der Waals surface area contributed by atoms with Crippen molar-refractivity contribution in [2.24, 2.45) is 0 Å². The Morgan fingerprint density at radius 1 is 1.48 bits per heavy atom. The van der Waals surface area contributed by atoms with Gasteiger partial charge in [0.05, 0.1) is 13.7 Å². The molecule has 0 amide bonds. The zero-order chi connectivity index (χ0) is 17.8. The number of hydrogen-bond acceptors (Lipinski definition) is 7. The lowest BCUT2D eigenvalue weighted by Gasteiger charge is -2.27. The fourth-order valence-corrected chi connectivity index (χ4v) is 4.93. The summed E-state index contributed by atoms with van der Waals surface area (Å²) in [5.74, 6) is 0.784. The highest BCUT2D eigenvalue weighted by Crippen LogP contribution is 2.20. The summed E-state index contributed by atoms with van der Waals surface area (Å²) in [4.78, 5) is 13.0. The minimum absolute atomic E-state index is 0.105. The zero-order valence-electron chi connectivity index (χ0n) is 14.2. The second-order valence-corrected chi connectivity index (χ2v) is 8.84. The second kappa shape index (κ2) is 8.31. The molecule has 2 atom stereocenters. The summed E-state index contributed by atoms with van der Waals surface area (Å²) >= 11 is 8.57. The van der Waals surface area contributed by atoms with Crippen molar-refractivity contribution in [3.8, 4) is 0 Å². The molecular weight excluding hydrogens is 376 g/mol. The van der Waals surface area contributed by atoms with E-state index in [4.69, 9.17) is 17.0 Å². The molecule has 134 valence electrons. The standard InChI is InChI=1S/C16H20N4O2S3/c1-11-3-5-12(6-4-11)17-15-18-20(16(23)25-15)10-19-7-8-24-13(9-19)14(21)22-2/h3-6,13H,7-10H2,1-2H3,(H,17,18)/p+1/t13-/m0/s1. The largest absolute Gasteiger partial charge is 0.468 e. The van der Waals surface area contributed by atoms with Crippen molar-refractivity contribution in [2.75, 3.05) is 31.3 Å². The van der Waals surface area contributed by atoms with Crippen LogP contribution in [0.5, 0.6) is 0 Å². The zero-order valence-corrected chi connectivity index (χ0v) is 16.6. The molecule has 1 aromatic heterocycles. The third-order valence-electron chi connectivity index (χ3n) is 4.00. The molecule has 3 rings (SSSR count). The Hall–Kier alpha value is -1.42. The summed E-state index contributed by atoms with van der Waals surface area (Å²) in [5, 5.41) is 8.56. The van der Waals surface area contributed by atoms with E-state index in [1.807, 2.05) is 16.8 Å². The Kier molecular flexibility index (Phi) is 6.10. The van der Waals surface area contributed by atoms with E-state index in [0.717, 1.165) is 33.6 Å². The average molecular weight is 398 g/mol. The van der Waals surface area contributed by atoms with Crippen molar-refractivity contribution in [3.05, 3.63) is 33.8 Å². The van der Waals surface area contributed by atoms with Crippen LogP contribution in [0.4, 0.5) is 10.8 Å². The smallest absolute Gasteiger partial charge is 0.324 e. The molecule has 1 aliphatic rings. The summed E-state index contributed by atoms with van der Waals surface area (Å²) in [5.41, 5.74) is 2.21. The van der Waals surface area contributed by atoms with Gasteiger partial charge in [-0.1, -0.05) is 29.0 Å². The highest BCUT2D eigenvalue weighted by atomic mass is 32.2. The van der Waals surface area contributed by atoms with Gasteiger partial charge in [0, 0.05) is 11.4 Å². The molecular formula is C16H21N4O2S3+. The number of ether oxygens (including phenoxy) is 1. The first-order chi connectivity index (χ1) is 12.0. The maximum atomic E-state index is 11.8. The average Bonchev–Trinajstić information content (AvgIpc) is 2.95. The first-order valence-electron chi connectivity index (χ1n) is 8.00. The summed E-state index contributed by atoms with van der Waals surface area (Å²) in [6.07, 6.45) is 0. The summed E-state index contributed by atoms with van der Waals surface area (Å²) in [6, 6.07) is 8.17. The lowest BCUT2D eigenvalue weighted by atomic mass is 10.2. The van der Waals surface area contributed by atoms with E-state index in [1.54, 1.807) is 11.8 Å². The first-order valence-corrected chi connectivity index (χ1v) is 10.3. The van der Waals surface area contributed by atoms with Gasteiger partial charge in [0.1, 0.15) is 6.54 Å². The molecule has 2 heterocycles. The number of anilines is 2. The third kappa shape index (κ3) is 4.81. The van der Waals surface area contributed by atoms with Crippen LogP contribution in [0.25, 0.3) is 0 Å². The number of thioether (sulfide) groups is 1. The molecule has 25 heavy (non-hydrogen) atoms. The van der Waals surface area contributed by atoms with Crippen molar-refractivity contribution in [3.63, 3.8) is 0 Å². The van der Waals surface area contributed by atoms with Crippen LogP contribution in [-0.2, 0) is 16.2 Å². The first kappa shape index (κ1) is 18.4. The van der Waals surface area contributed by atoms with Crippen molar-refractivity contribution in [1.29, 1.82) is 0 Å². The predicted molar refractivity (Wildman–Crippen MR) is 104 cm³/mol. The van der Waals surface area contributed by atoms with Gasteiger partial charge in [-0.25, -0.2) is 0 Å². The Bertz CT molecular complexity index is 787. The fourth-order valence-electron chi connectivity index (χ4n) is 2.62. The van der Waals surface area contributed by atoms with Gasteiger partial charge in [-0.2, -0.15) is 4.68 Å². The number of nitrogens with zero attached hydrogens (tertiary/aromatic N) is 2. The van der Waals surface area contributed by atoms with Crippen LogP contribution in [-0.4, -0.2) is 47.0 Å². The minimum atomic E-state index is -0.147. The third-order valence-corrected chi connectivity index (χ3v) is 6.42. The molecule has 9 heteroatoms. The van der Waals surface area contributed by atoms with Crippen LogP contribution in [0.1, 0.15) is 5.56 Å². The summed E-state index contributed by atoms with van der Waals surface area (Å²) in [6.45, 7) is 4.44. The van der Waals surface area contributed by atoms with Gasteiger partial charge in [-0.3, -0.25) is 4.79 Å². The van der Waals surface area contributed by atoms with Crippen molar-refractivity contribution in [1.82, 2.24) is 9.78 Å². The molecule has 1 unspecified atom stereocenters. The molecule has 1 fully saturated rings. The molecule has 0 radical (unpaired) electrons. The van der Waals surface area contributed by atoms with E-state index in [-0.39, 0.29) is 11.2 Å². The predicted octanol–water partition coefficient (Wildman–Crippen LogP) is 1.86. The van der Waals surface area contributed by atoms with E-state index in [1.165, 1.54) is 28.9 Å². The monoisotopic (exact) mass is 397 g/mol. The highest BCUT2D eigenvalue weighted by molar-refractivity contribution is 8.00. The van der Waals surface area contributed by atoms with Crippen LogP contribution < -0.4 is 10.2 Å². The number of benzene rings is 1. The maximum Gasteiger partial charge on any atom is 0.324 e. The number of nitrogens with one attached hydrogen (secondary N) is 2. The fraction of sp³-hybridized carbons (Fsp3) is 0.438. The summed E-state index contributed by atoms with van der Waals surface area (Å²) < 4.78 is 7.44. The molecule has 0 aliphatic carbocycles. The van der Waals surface area contributed by atoms with Crippen molar-refractivity contribution < 1.29 is 14.4 Å². The van der Waals surface area contributed by atoms with Gasteiger partial charge in [-0.15, -0.1) is 16.9 Å². The van der Waals surface area contributed by atoms with E-state index < -0.39 is 0 Å². The Morgan fingerprint density at radius 2 is 2.24 bits per heavy atom. The Morgan fingerprint density at radius 3 is 2.96 bits per heavy atom. The molecule has 0 bridgehead atoms. The lowest BCUT2D eigenvalue weighted by Crippen LogP contribution is -3.14. The van der Waals surface area contributed by atoms with Crippen LogP contribution in [0.15, 0.2) is 24.3 Å². The van der Waals surface area contributed by atoms with Crippen LogP contribution in [0.3, 0.4) is 0 Å². The van der Waals surface area contributed by atoms with Gasteiger partial charge >= 0.3 is 5.97 Å². The van der Waals surface area contributed by atoms with E-state index in [2.05, 4.69) is 29.5 Å². The number of methoxy groups -OCH3 is 1. The number of carbonyl (C=O) groups excluding carboxylic acids is 1. The van der Waals surface area contributed by atoms with Gasteiger partial charge in [0.15, 0.2) is 15.9 Å². The molecule has 6 nitrogen and oxygen atoms in total. The topological polar surface area (TPSA) is 60.6 Å². The molecule has 2 N–H and O–H groups in total. The van der Waals surface area contributed by atoms with E-state index in [0.29, 0.717) is 6.67 Å². The van der Waals surface area contributed by atoms with Gasteiger partial charge in [-0.05, 0) is 31.3 Å². The normalized spacial score (nSPS) is 20.2. The number of aryl methyl sites for hydroxylation is 1. The SMILES string of the molecule is COC(=O)[C@@H]1C[NH+](Cn2nc(Nc3ccc(C)cc3)sc2=S)CCS1. The number of aromatic nitrogens is 2. The van der Waals surface area contributed by atoms with Gasteiger partial charge in [0.2, 0.25) is 5.13 Å². The Labute approximate surface area is 160 Å². The van der Waals surface area contributed by atoms with Crippen molar-refractivity contribution in [2.45, 2.75) is 18.8 Å². The van der Waals surface area contributed by atoms with E-state index >= 15 is 0 Å². The molecule has 2 aromatic rings. The number of esters is 1. The lowest BCUT2D eigenvalue weighted by molar-refractivity contribution is -0.921. The summed E-state index contributed by atoms with van der Waals surface area (Å²) in [7, 11) is 1.44. The minimum Gasteiger partial charge on any atom is -0.468 e. The number of rotatable bonds is 5. The number of carbonyl (C=O) groups is 1. The number of quaternary nitrogens is 1. The Balaban J connectivity index is 1.65. The van der Waals surface area contributed by atoms with Crippen LogP contribution >= 0.6 is 35.3 Å². The molecule has 1 saturated heterocycles. The molecule has 1 aromatic carbocycles. The van der Waals surface area contributed by atoms with Crippen LogP contribution in [0, 0.1) is 10.9 Å². The van der Waals surface area contributed by atoms with Gasteiger partial charge < -0.3 is 15.0 Å². The number of hydrogen-bond donors (Lipinski definition) is 2. The molecule has 0 saturated carbocycles. The van der Waals surface area contributed by atoms with Gasteiger partial charge in [0.25, 0.3) is 0 Å². The van der Waals surface area contributed by atoms with E-state index in [9.17, 15) is 4.79 Å². The molecule has 0 spiro atoms.